The minimum absolute atomic E-state index is 0.0822. The minimum Gasteiger partial charge on any atom is -0.481 e. The van der Waals surface area contributed by atoms with E-state index in [9.17, 15) is 9.59 Å². The molecule has 3 atom stereocenters. The van der Waals surface area contributed by atoms with E-state index >= 15 is 0 Å². The second-order valence-electron chi connectivity index (χ2n) is 7.78. The van der Waals surface area contributed by atoms with Crippen molar-refractivity contribution in [1.29, 1.82) is 0 Å². The molecule has 0 radical (unpaired) electrons. The molecule has 0 spiro atoms. The zero-order valence-electron chi connectivity index (χ0n) is 19.3. The van der Waals surface area contributed by atoms with Crippen molar-refractivity contribution in [2.75, 3.05) is 33.6 Å². The van der Waals surface area contributed by atoms with Gasteiger partial charge in [0.1, 0.15) is 0 Å². The lowest BCUT2D eigenvalue weighted by atomic mass is 9.78. The minimum atomic E-state index is -0.355. The zero-order chi connectivity index (χ0) is 23.6. The number of nitrogens with one attached hydrogen (secondary N) is 1. The summed E-state index contributed by atoms with van der Waals surface area (Å²) in [6.45, 7) is 0.471. The highest BCUT2D eigenvalue weighted by Gasteiger charge is 2.36. The summed E-state index contributed by atoms with van der Waals surface area (Å²) < 4.78 is 15.5. The number of aromatic nitrogens is 2. The van der Waals surface area contributed by atoms with Crippen LogP contribution >= 0.6 is 11.8 Å². The Morgan fingerprint density at radius 2 is 1.67 bits per heavy atom. The number of esters is 1. The Balaban J connectivity index is 1.66. The molecule has 1 aliphatic rings. The van der Waals surface area contributed by atoms with E-state index in [0.717, 1.165) is 18.4 Å². The van der Waals surface area contributed by atoms with Gasteiger partial charge in [0.2, 0.25) is 17.7 Å². The third-order valence-electron chi connectivity index (χ3n) is 5.74. The first kappa shape index (κ1) is 24.8. The number of thioether (sulfide) groups is 1. The van der Waals surface area contributed by atoms with Crippen molar-refractivity contribution in [3.05, 3.63) is 47.8 Å². The third kappa shape index (κ3) is 6.60. The third-order valence-corrected chi connectivity index (χ3v) is 7.00. The first-order valence-electron chi connectivity index (χ1n) is 11.1. The van der Waals surface area contributed by atoms with E-state index in [1.54, 1.807) is 32.0 Å². The van der Waals surface area contributed by atoms with Crippen LogP contribution in [0.1, 0.15) is 42.3 Å². The SMILES string of the molecule is COC(=O)[C@@H]1CCCC[C@@H]1C(=O)NCCS[C@H](c1ccccc1)c1nc(OC)cc(OC)n1. The maximum Gasteiger partial charge on any atom is 0.309 e. The van der Waals surface area contributed by atoms with Crippen molar-refractivity contribution in [1.82, 2.24) is 15.3 Å². The fourth-order valence-electron chi connectivity index (χ4n) is 4.06. The van der Waals surface area contributed by atoms with Crippen LogP contribution in [0, 0.1) is 11.8 Å². The highest BCUT2D eigenvalue weighted by molar-refractivity contribution is 7.99. The van der Waals surface area contributed by atoms with Gasteiger partial charge in [0, 0.05) is 12.3 Å². The number of amides is 1. The molecule has 0 saturated heterocycles. The fourth-order valence-corrected chi connectivity index (χ4v) is 5.11. The predicted molar refractivity (Wildman–Crippen MR) is 126 cm³/mol. The lowest BCUT2D eigenvalue weighted by molar-refractivity contribution is -0.152. The Morgan fingerprint density at radius 1 is 1.03 bits per heavy atom. The lowest BCUT2D eigenvalue weighted by Gasteiger charge is -2.28. The molecule has 0 unspecified atom stereocenters. The van der Waals surface area contributed by atoms with E-state index in [1.165, 1.54) is 7.11 Å². The van der Waals surface area contributed by atoms with Crippen LogP contribution in [0.25, 0.3) is 0 Å². The molecule has 1 aliphatic carbocycles. The van der Waals surface area contributed by atoms with Crippen molar-refractivity contribution in [2.24, 2.45) is 11.8 Å². The van der Waals surface area contributed by atoms with E-state index in [4.69, 9.17) is 14.2 Å². The van der Waals surface area contributed by atoms with Gasteiger partial charge in [-0.1, -0.05) is 43.2 Å². The standard InChI is InChI=1S/C24H31N3O5S/c1-30-19-15-20(31-2)27-22(26-19)21(16-9-5-4-6-10-16)33-14-13-25-23(28)17-11-7-8-12-18(17)24(29)32-3/h4-6,9-10,15,17-18,21H,7-8,11-14H2,1-3H3,(H,25,28)/t17-,18+,21+/m0/s1. The van der Waals surface area contributed by atoms with E-state index in [-0.39, 0.29) is 29.0 Å². The second-order valence-corrected chi connectivity index (χ2v) is 9.00. The van der Waals surface area contributed by atoms with Crippen LogP contribution in [0.5, 0.6) is 11.8 Å². The van der Waals surface area contributed by atoms with Gasteiger partial charge in [0.15, 0.2) is 5.82 Å². The second kappa shape index (κ2) is 12.4. The summed E-state index contributed by atoms with van der Waals surface area (Å²) in [5.41, 5.74) is 1.04. The summed E-state index contributed by atoms with van der Waals surface area (Å²) in [6.07, 6.45) is 3.31. The maximum absolute atomic E-state index is 12.8. The largest absolute Gasteiger partial charge is 0.481 e. The topological polar surface area (TPSA) is 99.6 Å². The van der Waals surface area contributed by atoms with E-state index < -0.39 is 0 Å². The molecule has 8 nitrogen and oxygen atoms in total. The summed E-state index contributed by atoms with van der Waals surface area (Å²) in [4.78, 5) is 33.9. The van der Waals surface area contributed by atoms with Gasteiger partial charge in [0.25, 0.3) is 0 Å². The number of rotatable bonds is 10. The highest BCUT2D eigenvalue weighted by Crippen LogP contribution is 2.35. The van der Waals surface area contributed by atoms with Crippen molar-refractivity contribution in [3.63, 3.8) is 0 Å². The number of methoxy groups -OCH3 is 3. The average Bonchev–Trinajstić information content (AvgIpc) is 2.88. The number of carbonyl (C=O) groups is 2. The number of hydrogen-bond acceptors (Lipinski definition) is 8. The van der Waals surface area contributed by atoms with Crippen LogP contribution in [0.3, 0.4) is 0 Å². The number of hydrogen-bond donors (Lipinski definition) is 1. The molecule has 0 bridgehead atoms. The lowest BCUT2D eigenvalue weighted by Crippen LogP contribution is -2.40. The quantitative estimate of drug-likeness (QED) is 0.414. The number of nitrogens with zero attached hydrogens (tertiary/aromatic N) is 2. The molecule has 1 amide bonds. The highest BCUT2D eigenvalue weighted by atomic mass is 32.2. The van der Waals surface area contributed by atoms with Crippen LogP contribution in [0.15, 0.2) is 36.4 Å². The van der Waals surface area contributed by atoms with E-state index in [1.807, 2.05) is 30.3 Å². The number of ether oxygens (including phenoxy) is 3. The van der Waals surface area contributed by atoms with Gasteiger partial charge in [-0.2, -0.15) is 9.97 Å². The van der Waals surface area contributed by atoms with Gasteiger partial charge in [0.05, 0.1) is 44.5 Å². The van der Waals surface area contributed by atoms with E-state index in [2.05, 4.69) is 15.3 Å². The molecule has 2 aromatic rings. The van der Waals surface area contributed by atoms with Gasteiger partial charge in [-0.05, 0) is 18.4 Å². The van der Waals surface area contributed by atoms with Crippen molar-refractivity contribution in [2.45, 2.75) is 30.9 Å². The van der Waals surface area contributed by atoms with Crippen molar-refractivity contribution in [3.8, 4) is 11.8 Å². The Hall–Kier alpha value is -2.81. The predicted octanol–water partition coefficient (Wildman–Crippen LogP) is 3.41. The molecule has 1 saturated carbocycles. The normalized spacial score (nSPS) is 18.8. The van der Waals surface area contributed by atoms with Crippen LogP contribution in [-0.4, -0.2) is 55.5 Å². The molecule has 1 aromatic heterocycles. The Bertz CT molecular complexity index is 905. The number of benzene rings is 1. The Labute approximate surface area is 198 Å². The smallest absolute Gasteiger partial charge is 0.309 e. The molecule has 1 aromatic carbocycles. The molecule has 1 N–H and O–H groups in total. The Morgan fingerprint density at radius 3 is 2.27 bits per heavy atom. The first-order chi connectivity index (χ1) is 16.1. The van der Waals surface area contributed by atoms with E-state index in [0.29, 0.717) is 42.7 Å². The number of carbonyl (C=O) groups excluding carboxylic acids is 2. The molecule has 178 valence electrons. The molecule has 9 heteroatoms. The van der Waals surface area contributed by atoms with Crippen LogP contribution in [0.2, 0.25) is 0 Å². The van der Waals surface area contributed by atoms with Crippen LogP contribution in [0.4, 0.5) is 0 Å². The fraction of sp³-hybridized carbons (Fsp3) is 0.500. The summed E-state index contributed by atoms with van der Waals surface area (Å²) in [5.74, 6) is 1.02. The maximum atomic E-state index is 12.8. The summed E-state index contributed by atoms with van der Waals surface area (Å²) in [6, 6.07) is 11.6. The molecule has 0 aliphatic heterocycles. The molecule has 1 heterocycles. The van der Waals surface area contributed by atoms with Gasteiger partial charge in [-0.3, -0.25) is 9.59 Å². The summed E-state index contributed by atoms with van der Waals surface area (Å²) in [7, 11) is 4.49. The Kier molecular flexibility index (Phi) is 9.35. The monoisotopic (exact) mass is 473 g/mol. The van der Waals surface area contributed by atoms with Gasteiger partial charge >= 0.3 is 5.97 Å². The molecule has 3 rings (SSSR count). The average molecular weight is 474 g/mol. The summed E-state index contributed by atoms with van der Waals surface area (Å²) in [5, 5.41) is 2.84. The zero-order valence-corrected chi connectivity index (χ0v) is 20.1. The summed E-state index contributed by atoms with van der Waals surface area (Å²) >= 11 is 1.62. The van der Waals surface area contributed by atoms with Crippen molar-refractivity contribution < 1.29 is 23.8 Å². The van der Waals surface area contributed by atoms with Crippen molar-refractivity contribution >= 4 is 23.6 Å². The molecular weight excluding hydrogens is 442 g/mol. The van der Waals surface area contributed by atoms with Crippen LogP contribution in [-0.2, 0) is 14.3 Å². The van der Waals surface area contributed by atoms with Gasteiger partial charge in [-0.15, -0.1) is 11.8 Å². The van der Waals surface area contributed by atoms with Gasteiger partial charge in [-0.25, -0.2) is 0 Å². The molecule has 33 heavy (non-hydrogen) atoms. The van der Waals surface area contributed by atoms with Gasteiger partial charge < -0.3 is 19.5 Å². The molecule has 1 fully saturated rings. The molecular formula is C24H31N3O5S. The first-order valence-corrected chi connectivity index (χ1v) is 12.1. The van der Waals surface area contributed by atoms with Crippen LogP contribution < -0.4 is 14.8 Å².